The molecule has 0 aliphatic carbocycles. The molecule has 1 heterocycles. The van der Waals surface area contributed by atoms with Gasteiger partial charge in [0.25, 0.3) is 0 Å². The second-order valence-electron chi connectivity index (χ2n) is 9.03. The number of nitrogens with two attached hydrogens (primary N) is 2. The average Bonchev–Trinajstić information content (AvgIpc) is 2.77. The van der Waals surface area contributed by atoms with Crippen molar-refractivity contribution in [3.05, 3.63) is 0 Å². The van der Waals surface area contributed by atoms with Gasteiger partial charge >= 0.3 is 0 Å². The Bertz CT molecular complexity index is 527. The Labute approximate surface area is 189 Å². The highest BCUT2D eigenvalue weighted by atomic mass is 16.2. The first-order valence-corrected chi connectivity index (χ1v) is 12.6. The molecule has 0 aromatic heterocycles. The Morgan fingerprint density at radius 2 is 1.55 bits per heavy atom. The second kappa shape index (κ2) is 17.0. The Kier molecular flexibility index (Phi) is 15.0. The van der Waals surface area contributed by atoms with Gasteiger partial charge in [-0.15, -0.1) is 0 Å². The first-order chi connectivity index (χ1) is 15.0. The van der Waals surface area contributed by atoms with E-state index in [-0.39, 0.29) is 30.7 Å². The summed E-state index contributed by atoms with van der Waals surface area (Å²) in [5, 5.41) is 2.86. The molecule has 1 aliphatic heterocycles. The lowest BCUT2D eigenvalue weighted by Crippen LogP contribution is -2.51. The molecule has 7 nitrogen and oxygen atoms in total. The molecular formula is C24H46N4O3. The third kappa shape index (κ3) is 12.7. The van der Waals surface area contributed by atoms with E-state index >= 15 is 0 Å². The first kappa shape index (κ1) is 27.4. The van der Waals surface area contributed by atoms with Crippen molar-refractivity contribution in [1.29, 1.82) is 0 Å². The van der Waals surface area contributed by atoms with Gasteiger partial charge in [-0.05, 0) is 32.1 Å². The molecular weight excluding hydrogens is 392 g/mol. The van der Waals surface area contributed by atoms with Gasteiger partial charge in [0.05, 0.1) is 6.04 Å². The number of carbonyl (C=O) groups is 3. The van der Waals surface area contributed by atoms with Crippen LogP contribution in [0.1, 0.15) is 110 Å². The molecule has 31 heavy (non-hydrogen) atoms. The summed E-state index contributed by atoms with van der Waals surface area (Å²) in [6.45, 7) is 3.44. The molecule has 1 unspecified atom stereocenters. The van der Waals surface area contributed by atoms with Crippen LogP contribution in [0.5, 0.6) is 0 Å². The first-order valence-electron chi connectivity index (χ1n) is 12.6. The van der Waals surface area contributed by atoms with E-state index in [0.29, 0.717) is 13.0 Å². The van der Waals surface area contributed by atoms with Crippen LogP contribution in [-0.4, -0.2) is 47.8 Å². The van der Waals surface area contributed by atoms with Crippen LogP contribution in [0.15, 0.2) is 0 Å². The van der Waals surface area contributed by atoms with Crippen molar-refractivity contribution in [2.45, 2.75) is 122 Å². The van der Waals surface area contributed by atoms with Crippen LogP contribution in [0, 0.1) is 0 Å². The van der Waals surface area contributed by atoms with Crippen LogP contribution in [0.3, 0.4) is 0 Å². The number of amides is 3. The van der Waals surface area contributed by atoms with Crippen molar-refractivity contribution in [2.75, 3.05) is 13.1 Å². The van der Waals surface area contributed by atoms with E-state index in [1.165, 1.54) is 51.4 Å². The molecule has 7 heteroatoms. The van der Waals surface area contributed by atoms with Crippen LogP contribution in [0.4, 0.5) is 0 Å². The van der Waals surface area contributed by atoms with Crippen LogP contribution < -0.4 is 16.8 Å². The lowest BCUT2D eigenvalue weighted by Gasteiger charge is -2.36. The molecule has 0 bridgehead atoms. The molecule has 2 atom stereocenters. The van der Waals surface area contributed by atoms with Crippen molar-refractivity contribution in [3.8, 4) is 0 Å². The number of primary amides is 1. The third-order valence-electron chi connectivity index (χ3n) is 6.24. The predicted molar refractivity (Wildman–Crippen MR) is 125 cm³/mol. The van der Waals surface area contributed by atoms with Crippen molar-refractivity contribution < 1.29 is 14.4 Å². The van der Waals surface area contributed by atoms with Crippen molar-refractivity contribution in [1.82, 2.24) is 10.2 Å². The lowest BCUT2D eigenvalue weighted by molar-refractivity contribution is -0.135. The number of piperidine rings is 1. The summed E-state index contributed by atoms with van der Waals surface area (Å²) >= 11 is 0. The molecule has 0 aromatic carbocycles. The van der Waals surface area contributed by atoms with Crippen LogP contribution >= 0.6 is 0 Å². The Hall–Kier alpha value is -1.63. The van der Waals surface area contributed by atoms with E-state index in [0.717, 1.165) is 38.6 Å². The molecule has 5 N–H and O–H groups in total. The molecule has 1 saturated heterocycles. The minimum Gasteiger partial charge on any atom is -0.370 e. The smallest absolute Gasteiger partial charge is 0.237 e. The van der Waals surface area contributed by atoms with Gasteiger partial charge in [-0.3, -0.25) is 14.4 Å². The number of carbonyl (C=O) groups excluding carboxylic acids is 3. The second-order valence-corrected chi connectivity index (χ2v) is 9.03. The number of unbranched alkanes of at least 4 members (excludes halogenated alkanes) is 9. The van der Waals surface area contributed by atoms with Gasteiger partial charge in [0.15, 0.2) is 0 Å². The van der Waals surface area contributed by atoms with Gasteiger partial charge in [0, 0.05) is 32.0 Å². The molecule has 0 radical (unpaired) electrons. The maximum atomic E-state index is 12.7. The van der Waals surface area contributed by atoms with E-state index in [1.807, 2.05) is 4.90 Å². The van der Waals surface area contributed by atoms with Gasteiger partial charge in [-0.25, -0.2) is 0 Å². The molecule has 1 fully saturated rings. The van der Waals surface area contributed by atoms with Crippen LogP contribution in [0.25, 0.3) is 0 Å². The number of hydrogen-bond donors (Lipinski definition) is 3. The zero-order valence-corrected chi connectivity index (χ0v) is 19.7. The zero-order valence-electron chi connectivity index (χ0n) is 19.7. The topological polar surface area (TPSA) is 119 Å². The van der Waals surface area contributed by atoms with Crippen molar-refractivity contribution in [2.24, 2.45) is 11.5 Å². The Morgan fingerprint density at radius 1 is 0.935 bits per heavy atom. The molecule has 180 valence electrons. The fourth-order valence-corrected chi connectivity index (χ4v) is 4.23. The molecule has 0 aromatic rings. The number of rotatable bonds is 17. The summed E-state index contributed by atoms with van der Waals surface area (Å²) < 4.78 is 0. The highest BCUT2D eigenvalue weighted by molar-refractivity contribution is 5.83. The highest BCUT2D eigenvalue weighted by Gasteiger charge is 2.27. The standard InChI is InChI=1S/C24H46N4O3/c1-2-3-4-5-6-7-8-9-10-11-15-23(30)28-18-13-12-14-20(28)19-27-24(31)21(25)16-17-22(26)29/h20-21H,2-19,25H2,1H3,(H2,26,29)(H,27,31)/t20?,21-/m0/s1. The van der Waals surface area contributed by atoms with E-state index in [2.05, 4.69) is 12.2 Å². The summed E-state index contributed by atoms with van der Waals surface area (Å²) in [5.41, 5.74) is 10.9. The average molecular weight is 439 g/mol. The lowest BCUT2D eigenvalue weighted by atomic mass is 10.0. The van der Waals surface area contributed by atoms with Gasteiger partial charge in [0.2, 0.25) is 17.7 Å². The highest BCUT2D eigenvalue weighted by Crippen LogP contribution is 2.19. The molecule has 1 aliphatic rings. The van der Waals surface area contributed by atoms with Crippen LogP contribution in [0.2, 0.25) is 0 Å². The van der Waals surface area contributed by atoms with E-state index in [1.54, 1.807) is 0 Å². The molecule has 1 rings (SSSR count). The van der Waals surface area contributed by atoms with Crippen molar-refractivity contribution in [3.63, 3.8) is 0 Å². The zero-order chi connectivity index (χ0) is 22.9. The minimum atomic E-state index is -0.744. The number of hydrogen-bond acceptors (Lipinski definition) is 4. The largest absolute Gasteiger partial charge is 0.370 e. The fourth-order valence-electron chi connectivity index (χ4n) is 4.23. The minimum absolute atomic E-state index is 0.0386. The summed E-state index contributed by atoms with van der Waals surface area (Å²) in [6, 6.07) is -0.705. The number of likely N-dealkylation sites (tertiary alicyclic amines) is 1. The molecule has 3 amide bonds. The maximum absolute atomic E-state index is 12.7. The monoisotopic (exact) mass is 438 g/mol. The fraction of sp³-hybridized carbons (Fsp3) is 0.875. The van der Waals surface area contributed by atoms with Gasteiger partial charge in [0.1, 0.15) is 0 Å². The van der Waals surface area contributed by atoms with Crippen molar-refractivity contribution >= 4 is 17.7 Å². The summed E-state index contributed by atoms with van der Waals surface area (Å²) in [7, 11) is 0. The van der Waals surface area contributed by atoms with E-state index < -0.39 is 11.9 Å². The van der Waals surface area contributed by atoms with Gasteiger partial charge in [-0.1, -0.05) is 64.7 Å². The number of nitrogens with one attached hydrogen (secondary N) is 1. The Balaban J connectivity index is 2.22. The SMILES string of the molecule is CCCCCCCCCCCCC(=O)N1CCCCC1CNC(=O)[C@@H](N)CCC(N)=O. The van der Waals surface area contributed by atoms with E-state index in [9.17, 15) is 14.4 Å². The maximum Gasteiger partial charge on any atom is 0.237 e. The molecule has 0 spiro atoms. The summed E-state index contributed by atoms with van der Waals surface area (Å²) in [4.78, 5) is 37.7. The quantitative estimate of drug-likeness (QED) is 0.302. The Morgan fingerprint density at radius 3 is 2.16 bits per heavy atom. The van der Waals surface area contributed by atoms with Crippen LogP contribution in [-0.2, 0) is 14.4 Å². The third-order valence-corrected chi connectivity index (χ3v) is 6.24. The molecule has 0 saturated carbocycles. The number of nitrogens with zero attached hydrogens (tertiary/aromatic N) is 1. The van der Waals surface area contributed by atoms with Gasteiger partial charge in [-0.2, -0.15) is 0 Å². The normalized spacial score (nSPS) is 17.4. The summed E-state index contributed by atoms with van der Waals surface area (Å²) in [5.74, 6) is -0.537. The van der Waals surface area contributed by atoms with E-state index in [4.69, 9.17) is 11.5 Å². The van der Waals surface area contributed by atoms with Gasteiger partial charge < -0.3 is 21.7 Å². The predicted octanol–water partition coefficient (Wildman–Crippen LogP) is 3.39. The summed E-state index contributed by atoms with van der Waals surface area (Å²) in [6.07, 6.45) is 16.5.